The lowest BCUT2D eigenvalue weighted by Gasteiger charge is -2.35. The topological polar surface area (TPSA) is 141 Å². The molecule has 0 aliphatic carbocycles. The number of carbonyl (C=O) groups is 3. The summed E-state index contributed by atoms with van der Waals surface area (Å²) in [6.45, 7) is 7.89. The Morgan fingerprint density at radius 1 is 1.11 bits per heavy atom. The number of nitro groups is 1. The molecule has 0 radical (unpaired) electrons. The van der Waals surface area contributed by atoms with Crippen molar-refractivity contribution in [2.75, 3.05) is 26.2 Å². The number of amides is 1. The fourth-order valence-corrected chi connectivity index (χ4v) is 2.66. The van der Waals surface area contributed by atoms with Crippen molar-refractivity contribution in [1.82, 2.24) is 9.80 Å². The molecule has 0 bridgehead atoms. The van der Waals surface area contributed by atoms with Crippen LogP contribution in [-0.2, 0) is 20.9 Å². The number of nitrogens with zero attached hydrogens (tertiary/aromatic N) is 3. The second kappa shape index (κ2) is 11.0. The first-order valence-electron chi connectivity index (χ1n) is 8.79. The average Bonchev–Trinajstić information content (AvgIpc) is 2.62. The quantitative estimate of drug-likeness (QED) is 0.433. The summed E-state index contributed by atoms with van der Waals surface area (Å²) in [7, 11) is 0. The lowest BCUT2D eigenvalue weighted by Crippen LogP contribution is -2.48. The summed E-state index contributed by atoms with van der Waals surface area (Å²) in [6, 6.07) is 6.75. The Balaban J connectivity index is 0.000000568. The van der Waals surface area contributed by atoms with E-state index in [0.717, 1.165) is 31.7 Å². The molecule has 1 amide bonds. The van der Waals surface area contributed by atoms with E-state index in [1.54, 1.807) is 12.1 Å². The van der Waals surface area contributed by atoms with E-state index in [1.807, 2.05) is 11.0 Å². The third-order valence-electron chi connectivity index (χ3n) is 4.02. The molecule has 0 aromatic heterocycles. The van der Waals surface area contributed by atoms with Gasteiger partial charge in [-0.1, -0.05) is 26.0 Å². The summed E-state index contributed by atoms with van der Waals surface area (Å²) < 4.78 is 0. The van der Waals surface area contributed by atoms with Crippen LogP contribution in [0.1, 0.15) is 25.8 Å². The number of carboxylic acid groups (broad SMARTS) is 2. The minimum atomic E-state index is -1.82. The Morgan fingerprint density at radius 3 is 2.14 bits per heavy atom. The number of non-ortho nitro benzene ring substituents is 1. The third kappa shape index (κ3) is 8.12. The van der Waals surface area contributed by atoms with Crippen molar-refractivity contribution in [1.29, 1.82) is 0 Å². The largest absolute Gasteiger partial charge is 0.473 e. The second-order valence-electron chi connectivity index (χ2n) is 6.79. The molecule has 1 aromatic carbocycles. The first-order chi connectivity index (χ1) is 13.1. The highest BCUT2D eigenvalue weighted by molar-refractivity contribution is 6.27. The van der Waals surface area contributed by atoms with Gasteiger partial charge in [0.1, 0.15) is 0 Å². The maximum atomic E-state index is 12.0. The molecule has 10 nitrogen and oxygen atoms in total. The molecule has 154 valence electrons. The zero-order chi connectivity index (χ0) is 21.3. The summed E-state index contributed by atoms with van der Waals surface area (Å²) in [5, 5.41) is 25.6. The van der Waals surface area contributed by atoms with Crippen molar-refractivity contribution in [3.05, 3.63) is 39.9 Å². The Morgan fingerprint density at radius 2 is 1.68 bits per heavy atom. The zero-order valence-corrected chi connectivity index (χ0v) is 15.9. The van der Waals surface area contributed by atoms with Gasteiger partial charge in [0.25, 0.3) is 5.69 Å². The number of piperazine rings is 1. The molecule has 1 aromatic rings. The van der Waals surface area contributed by atoms with Crippen LogP contribution < -0.4 is 0 Å². The van der Waals surface area contributed by atoms with Crippen LogP contribution in [0.2, 0.25) is 0 Å². The van der Waals surface area contributed by atoms with Gasteiger partial charge in [0, 0.05) is 51.3 Å². The molecule has 2 rings (SSSR count). The number of rotatable bonds is 5. The Hall–Kier alpha value is -3.01. The minimum absolute atomic E-state index is 0.128. The molecule has 0 unspecified atom stereocenters. The van der Waals surface area contributed by atoms with Crippen molar-refractivity contribution in [2.24, 2.45) is 5.92 Å². The van der Waals surface area contributed by atoms with Crippen molar-refractivity contribution in [2.45, 2.75) is 26.8 Å². The third-order valence-corrected chi connectivity index (χ3v) is 4.02. The molecule has 1 aliphatic heterocycles. The average molecular weight is 395 g/mol. The first kappa shape index (κ1) is 23.0. The smallest absolute Gasteiger partial charge is 0.414 e. The van der Waals surface area contributed by atoms with Gasteiger partial charge in [-0.2, -0.15) is 0 Å². The molecule has 0 saturated carbocycles. The van der Waals surface area contributed by atoms with Crippen LogP contribution in [0.5, 0.6) is 0 Å². The van der Waals surface area contributed by atoms with E-state index in [9.17, 15) is 14.9 Å². The predicted octanol–water partition coefficient (Wildman–Crippen LogP) is 1.44. The molecule has 1 heterocycles. The molecule has 2 N–H and O–H groups in total. The summed E-state index contributed by atoms with van der Waals surface area (Å²) in [5.41, 5.74) is 1.07. The van der Waals surface area contributed by atoms with E-state index in [-0.39, 0.29) is 16.5 Å². The maximum Gasteiger partial charge on any atom is 0.414 e. The molecule has 1 aliphatic rings. The molecule has 10 heteroatoms. The van der Waals surface area contributed by atoms with E-state index in [4.69, 9.17) is 19.8 Å². The van der Waals surface area contributed by atoms with Crippen molar-refractivity contribution >= 4 is 23.5 Å². The summed E-state index contributed by atoms with van der Waals surface area (Å²) >= 11 is 0. The van der Waals surface area contributed by atoms with Gasteiger partial charge in [-0.05, 0) is 11.5 Å². The molecule has 0 spiro atoms. The number of carbonyl (C=O) groups excluding carboxylic acids is 1. The van der Waals surface area contributed by atoms with Gasteiger partial charge in [-0.25, -0.2) is 9.59 Å². The summed E-state index contributed by atoms with van der Waals surface area (Å²) in [4.78, 5) is 44.8. The Bertz CT molecular complexity index is 701. The monoisotopic (exact) mass is 395 g/mol. The number of benzene rings is 1. The zero-order valence-electron chi connectivity index (χ0n) is 15.9. The van der Waals surface area contributed by atoms with Gasteiger partial charge in [0.05, 0.1) is 4.92 Å². The maximum absolute atomic E-state index is 12.0. The van der Waals surface area contributed by atoms with E-state index in [1.165, 1.54) is 6.07 Å². The lowest BCUT2D eigenvalue weighted by molar-refractivity contribution is -0.384. The lowest BCUT2D eigenvalue weighted by atomic mass is 10.1. The van der Waals surface area contributed by atoms with Crippen molar-refractivity contribution in [3.8, 4) is 0 Å². The molecule has 28 heavy (non-hydrogen) atoms. The van der Waals surface area contributed by atoms with E-state index >= 15 is 0 Å². The highest BCUT2D eigenvalue weighted by Gasteiger charge is 2.21. The normalized spacial score (nSPS) is 14.2. The van der Waals surface area contributed by atoms with E-state index in [0.29, 0.717) is 18.9 Å². The van der Waals surface area contributed by atoms with Crippen LogP contribution in [0, 0.1) is 16.0 Å². The van der Waals surface area contributed by atoms with Crippen LogP contribution in [0.25, 0.3) is 0 Å². The molecule has 0 atom stereocenters. The highest BCUT2D eigenvalue weighted by Crippen LogP contribution is 2.16. The summed E-state index contributed by atoms with van der Waals surface area (Å²) in [5.74, 6) is -3.04. The number of nitro benzene ring substituents is 1. The van der Waals surface area contributed by atoms with Crippen LogP contribution in [-0.4, -0.2) is 69.0 Å². The fourth-order valence-electron chi connectivity index (χ4n) is 2.66. The molecular weight excluding hydrogens is 370 g/mol. The Kier molecular flexibility index (Phi) is 9.03. The number of hydrogen-bond donors (Lipinski definition) is 2. The Labute approximate surface area is 162 Å². The summed E-state index contributed by atoms with van der Waals surface area (Å²) in [6.07, 6.45) is 0.602. The van der Waals surface area contributed by atoms with Crippen molar-refractivity contribution in [3.63, 3.8) is 0 Å². The van der Waals surface area contributed by atoms with E-state index in [2.05, 4.69) is 18.7 Å². The highest BCUT2D eigenvalue weighted by atomic mass is 16.6. The molecule has 1 fully saturated rings. The predicted molar refractivity (Wildman–Crippen MR) is 99.7 cm³/mol. The van der Waals surface area contributed by atoms with Gasteiger partial charge < -0.3 is 15.1 Å². The SMILES string of the molecule is CC(C)CC(=O)N1CCN(Cc2cccc([N+](=O)[O-])c2)CC1.O=C(O)C(=O)O. The first-order valence-corrected chi connectivity index (χ1v) is 8.79. The van der Waals surface area contributed by atoms with Gasteiger partial charge >= 0.3 is 11.9 Å². The van der Waals surface area contributed by atoms with Crippen LogP contribution in [0.15, 0.2) is 24.3 Å². The van der Waals surface area contributed by atoms with Gasteiger partial charge in [0.2, 0.25) is 5.91 Å². The van der Waals surface area contributed by atoms with Crippen LogP contribution in [0.3, 0.4) is 0 Å². The standard InChI is InChI=1S/C16H23N3O3.C2H2O4/c1-13(2)10-16(20)18-8-6-17(7-9-18)12-14-4-3-5-15(11-14)19(21)22;3-1(4)2(5)6/h3-5,11,13H,6-10,12H2,1-2H3;(H,3,4)(H,5,6). The molecule has 1 saturated heterocycles. The van der Waals surface area contributed by atoms with E-state index < -0.39 is 11.9 Å². The number of aliphatic carboxylic acids is 2. The number of hydrogen-bond acceptors (Lipinski definition) is 6. The van der Waals surface area contributed by atoms with Crippen LogP contribution in [0.4, 0.5) is 5.69 Å². The minimum Gasteiger partial charge on any atom is -0.473 e. The molecular formula is C18H25N3O7. The van der Waals surface area contributed by atoms with Gasteiger partial charge in [0.15, 0.2) is 0 Å². The number of carboxylic acids is 2. The fraction of sp³-hybridized carbons (Fsp3) is 0.500. The van der Waals surface area contributed by atoms with Gasteiger partial charge in [-0.3, -0.25) is 19.8 Å². The van der Waals surface area contributed by atoms with Crippen LogP contribution >= 0.6 is 0 Å². The van der Waals surface area contributed by atoms with Crippen molar-refractivity contribution < 1.29 is 29.5 Å². The second-order valence-corrected chi connectivity index (χ2v) is 6.79. The van der Waals surface area contributed by atoms with Gasteiger partial charge in [-0.15, -0.1) is 0 Å².